The van der Waals surface area contributed by atoms with Crippen molar-refractivity contribution in [1.29, 1.82) is 0 Å². The molecular weight excluding hydrogens is 241 g/mol. The Labute approximate surface area is 115 Å². The monoisotopic (exact) mass is 265 g/mol. The summed E-state index contributed by atoms with van der Waals surface area (Å²) in [5, 5.41) is 0. The van der Waals surface area contributed by atoms with Crippen LogP contribution in [-0.4, -0.2) is 38.1 Å². The Morgan fingerprint density at radius 2 is 2.21 bits per heavy atom. The second-order valence-corrected chi connectivity index (χ2v) is 5.64. The maximum atomic E-state index is 14.2. The number of rotatable bonds is 3. The molecule has 0 aromatic heterocycles. The molecule has 0 bridgehead atoms. The van der Waals surface area contributed by atoms with Crippen LogP contribution in [0.5, 0.6) is 0 Å². The molecule has 0 radical (unpaired) electrons. The molecule has 0 amide bonds. The quantitative estimate of drug-likeness (QED) is 0.910. The first kappa shape index (κ1) is 14.3. The molecule has 1 heterocycles. The van der Waals surface area contributed by atoms with E-state index in [-0.39, 0.29) is 11.9 Å². The third-order valence-electron chi connectivity index (χ3n) is 4.01. The largest absolute Gasteiger partial charge is 0.368 e. The van der Waals surface area contributed by atoms with Gasteiger partial charge < -0.3 is 15.5 Å². The zero-order valence-electron chi connectivity index (χ0n) is 12.1. The molecule has 2 N–H and O–H groups in total. The van der Waals surface area contributed by atoms with E-state index in [0.29, 0.717) is 11.7 Å². The summed E-state index contributed by atoms with van der Waals surface area (Å²) in [5.74, 6) is -0.175. The van der Waals surface area contributed by atoms with Gasteiger partial charge in [0.2, 0.25) is 0 Å². The topological polar surface area (TPSA) is 32.5 Å². The van der Waals surface area contributed by atoms with Crippen LogP contribution >= 0.6 is 0 Å². The molecule has 2 unspecified atom stereocenters. The van der Waals surface area contributed by atoms with Crippen molar-refractivity contribution < 1.29 is 4.39 Å². The number of likely N-dealkylation sites (N-methyl/N-ethyl adjacent to an activating group) is 2. The molecule has 1 aromatic carbocycles. The number of hydrogen-bond donors (Lipinski definition) is 1. The van der Waals surface area contributed by atoms with Crippen molar-refractivity contribution in [2.24, 2.45) is 5.73 Å². The predicted molar refractivity (Wildman–Crippen MR) is 77.9 cm³/mol. The van der Waals surface area contributed by atoms with E-state index in [1.807, 2.05) is 20.0 Å². The van der Waals surface area contributed by atoms with Crippen molar-refractivity contribution in [2.75, 3.05) is 32.1 Å². The van der Waals surface area contributed by atoms with Gasteiger partial charge in [-0.1, -0.05) is 12.1 Å². The van der Waals surface area contributed by atoms with Gasteiger partial charge in [0.1, 0.15) is 5.82 Å². The zero-order chi connectivity index (χ0) is 14.0. The van der Waals surface area contributed by atoms with Gasteiger partial charge in [0, 0.05) is 25.7 Å². The molecule has 0 saturated carbocycles. The summed E-state index contributed by atoms with van der Waals surface area (Å²) < 4.78 is 14.2. The Morgan fingerprint density at radius 1 is 1.47 bits per heavy atom. The van der Waals surface area contributed by atoms with Crippen LogP contribution in [0, 0.1) is 5.82 Å². The molecule has 1 aromatic rings. The molecular formula is C15H24FN3. The van der Waals surface area contributed by atoms with Crippen LogP contribution in [0.4, 0.5) is 10.1 Å². The van der Waals surface area contributed by atoms with E-state index in [2.05, 4.69) is 16.8 Å². The lowest BCUT2D eigenvalue weighted by molar-refractivity contribution is 0.247. The Morgan fingerprint density at radius 3 is 2.84 bits per heavy atom. The fraction of sp³-hybridized carbons (Fsp3) is 0.600. The van der Waals surface area contributed by atoms with Gasteiger partial charge >= 0.3 is 0 Å². The summed E-state index contributed by atoms with van der Waals surface area (Å²) in [4.78, 5) is 4.38. The van der Waals surface area contributed by atoms with E-state index in [0.717, 1.165) is 31.5 Å². The molecule has 1 saturated heterocycles. The van der Waals surface area contributed by atoms with Gasteiger partial charge in [0.15, 0.2) is 0 Å². The second kappa shape index (κ2) is 5.88. The molecule has 1 aliphatic rings. The summed E-state index contributed by atoms with van der Waals surface area (Å²) in [6, 6.07) is 5.37. The number of para-hydroxylation sites is 1. The molecule has 1 fully saturated rings. The summed E-state index contributed by atoms with van der Waals surface area (Å²) in [6.45, 7) is 4.00. The van der Waals surface area contributed by atoms with Crippen molar-refractivity contribution >= 4 is 5.69 Å². The molecule has 3 nitrogen and oxygen atoms in total. The Balaban J connectivity index is 2.29. The second-order valence-electron chi connectivity index (χ2n) is 5.64. The van der Waals surface area contributed by atoms with E-state index in [4.69, 9.17) is 5.73 Å². The molecule has 19 heavy (non-hydrogen) atoms. The third kappa shape index (κ3) is 3.07. The van der Waals surface area contributed by atoms with Crippen LogP contribution in [0.15, 0.2) is 18.2 Å². The highest BCUT2D eigenvalue weighted by Crippen LogP contribution is 2.30. The van der Waals surface area contributed by atoms with Gasteiger partial charge in [-0.25, -0.2) is 4.39 Å². The van der Waals surface area contributed by atoms with E-state index in [1.54, 1.807) is 6.07 Å². The normalized spacial score (nSPS) is 22.3. The average molecular weight is 265 g/mol. The maximum Gasteiger partial charge on any atom is 0.146 e. The fourth-order valence-electron chi connectivity index (χ4n) is 2.91. The first-order valence-electron chi connectivity index (χ1n) is 6.96. The van der Waals surface area contributed by atoms with Gasteiger partial charge in [0.05, 0.1) is 5.69 Å². The SMILES string of the molecule is CC(N)c1cccc(F)c1N(C)C1CCCN(C)C1. The number of nitrogens with two attached hydrogens (primary N) is 1. The fourth-order valence-corrected chi connectivity index (χ4v) is 2.91. The highest BCUT2D eigenvalue weighted by atomic mass is 19.1. The summed E-state index contributed by atoms with van der Waals surface area (Å²) in [7, 11) is 4.10. The van der Waals surface area contributed by atoms with E-state index in [1.165, 1.54) is 6.07 Å². The molecule has 0 aliphatic carbocycles. The van der Waals surface area contributed by atoms with Crippen LogP contribution in [0.2, 0.25) is 0 Å². The molecule has 2 atom stereocenters. The number of piperidine rings is 1. The highest BCUT2D eigenvalue weighted by molar-refractivity contribution is 5.56. The summed E-state index contributed by atoms with van der Waals surface area (Å²) in [5.41, 5.74) is 7.52. The first-order chi connectivity index (χ1) is 9.00. The minimum absolute atomic E-state index is 0.158. The van der Waals surface area contributed by atoms with Crippen molar-refractivity contribution in [2.45, 2.75) is 31.8 Å². The Kier molecular flexibility index (Phi) is 4.42. The van der Waals surface area contributed by atoms with Crippen molar-refractivity contribution in [3.8, 4) is 0 Å². The zero-order valence-corrected chi connectivity index (χ0v) is 12.1. The van der Waals surface area contributed by atoms with Crippen molar-refractivity contribution in [3.05, 3.63) is 29.6 Å². The molecule has 106 valence electrons. The van der Waals surface area contributed by atoms with Crippen LogP contribution < -0.4 is 10.6 Å². The lowest BCUT2D eigenvalue weighted by atomic mass is 10.0. The van der Waals surface area contributed by atoms with Crippen LogP contribution in [0.25, 0.3) is 0 Å². The first-order valence-corrected chi connectivity index (χ1v) is 6.96. The number of nitrogens with zero attached hydrogens (tertiary/aromatic N) is 2. The van der Waals surface area contributed by atoms with Crippen LogP contribution in [0.3, 0.4) is 0 Å². The predicted octanol–water partition coefficient (Wildman–Crippen LogP) is 2.38. The highest BCUT2D eigenvalue weighted by Gasteiger charge is 2.25. The Bertz CT molecular complexity index is 433. The van der Waals surface area contributed by atoms with E-state index in [9.17, 15) is 4.39 Å². The van der Waals surface area contributed by atoms with Crippen molar-refractivity contribution in [3.63, 3.8) is 0 Å². The van der Waals surface area contributed by atoms with Gasteiger partial charge in [-0.15, -0.1) is 0 Å². The molecule has 2 rings (SSSR count). The lowest BCUT2D eigenvalue weighted by Crippen LogP contribution is -2.45. The standard InChI is InChI=1S/C15H24FN3/c1-11(17)13-7-4-8-14(16)15(13)19(3)12-6-5-9-18(2)10-12/h4,7-8,11-12H,5-6,9-10,17H2,1-3H3. The minimum Gasteiger partial charge on any atom is -0.368 e. The number of hydrogen-bond acceptors (Lipinski definition) is 3. The van der Waals surface area contributed by atoms with Crippen LogP contribution in [0.1, 0.15) is 31.4 Å². The maximum absolute atomic E-state index is 14.2. The number of likely N-dealkylation sites (tertiary alicyclic amines) is 1. The molecule has 4 heteroatoms. The average Bonchev–Trinajstić information content (AvgIpc) is 2.37. The molecule has 0 spiro atoms. The number of benzene rings is 1. The lowest BCUT2D eigenvalue weighted by Gasteiger charge is -2.38. The number of anilines is 1. The van der Waals surface area contributed by atoms with E-state index >= 15 is 0 Å². The van der Waals surface area contributed by atoms with Gasteiger partial charge in [-0.05, 0) is 45.0 Å². The van der Waals surface area contributed by atoms with Crippen LogP contribution in [-0.2, 0) is 0 Å². The Hall–Kier alpha value is -1.13. The minimum atomic E-state index is -0.175. The number of halogens is 1. The van der Waals surface area contributed by atoms with Gasteiger partial charge in [-0.3, -0.25) is 0 Å². The van der Waals surface area contributed by atoms with Gasteiger partial charge in [0.25, 0.3) is 0 Å². The third-order valence-corrected chi connectivity index (χ3v) is 4.01. The smallest absolute Gasteiger partial charge is 0.146 e. The van der Waals surface area contributed by atoms with Crippen molar-refractivity contribution in [1.82, 2.24) is 4.90 Å². The van der Waals surface area contributed by atoms with E-state index < -0.39 is 0 Å². The molecule has 1 aliphatic heterocycles. The van der Waals surface area contributed by atoms with Gasteiger partial charge in [-0.2, -0.15) is 0 Å². The summed E-state index contributed by atoms with van der Waals surface area (Å²) >= 11 is 0. The summed E-state index contributed by atoms with van der Waals surface area (Å²) in [6.07, 6.45) is 2.26.